The van der Waals surface area contributed by atoms with Crippen molar-refractivity contribution >= 4 is 39.7 Å². The summed E-state index contributed by atoms with van der Waals surface area (Å²) < 4.78 is 7.08. The van der Waals surface area contributed by atoms with Crippen molar-refractivity contribution in [1.29, 1.82) is 0 Å². The molecule has 0 spiro atoms. The molecule has 2 aromatic carbocycles. The quantitative estimate of drug-likeness (QED) is 0.319. The van der Waals surface area contributed by atoms with Gasteiger partial charge in [-0.15, -0.1) is 0 Å². The Bertz CT molecular complexity index is 1820. The van der Waals surface area contributed by atoms with Crippen LogP contribution in [0.1, 0.15) is 84.3 Å². The second-order valence-electron chi connectivity index (χ2n) is 15.0. The highest BCUT2D eigenvalue weighted by Crippen LogP contribution is 2.52. The summed E-state index contributed by atoms with van der Waals surface area (Å²) in [6.07, 6.45) is 9.82. The Kier molecular flexibility index (Phi) is 6.70. The third-order valence-corrected chi connectivity index (χ3v) is 10.3. The molecule has 0 saturated carbocycles. The lowest BCUT2D eigenvalue weighted by atomic mass is 9.69. The number of allylic oxidation sites excluding steroid dienone is 4. The van der Waals surface area contributed by atoms with Crippen molar-refractivity contribution in [3.63, 3.8) is 0 Å². The van der Waals surface area contributed by atoms with Crippen molar-refractivity contribution in [2.75, 3.05) is 5.32 Å². The number of carbonyl (C=O) groups is 2. The molecular formula is C38H42N2O5. The van der Waals surface area contributed by atoms with E-state index in [1.807, 2.05) is 0 Å². The molecule has 0 radical (unpaired) electrons. The van der Waals surface area contributed by atoms with E-state index in [-0.39, 0.29) is 29.5 Å². The van der Waals surface area contributed by atoms with Gasteiger partial charge in [-0.3, -0.25) is 14.6 Å². The average Bonchev–Trinajstić information content (AvgIpc) is 2.93. The van der Waals surface area contributed by atoms with Gasteiger partial charge in [0.2, 0.25) is 0 Å². The molecule has 0 fully saturated rings. The Labute approximate surface area is 264 Å². The SMILES string of the molecule is CC1CC(C)(C)N=C2C=CC3C(=C21)C=CC1=C(CC(CC(=O)O)C(=O)O)c2ccc4c5c(ccc4c2OC13)NC(C)(C)CC5C. The maximum absolute atomic E-state index is 12.3. The predicted octanol–water partition coefficient (Wildman–Crippen LogP) is 7.93. The first-order chi connectivity index (χ1) is 21.2. The molecule has 2 aromatic rings. The molecule has 5 unspecified atom stereocenters. The van der Waals surface area contributed by atoms with Crippen molar-refractivity contribution in [3.05, 3.63) is 76.4 Å². The van der Waals surface area contributed by atoms with Crippen molar-refractivity contribution in [1.82, 2.24) is 0 Å². The number of nitrogens with one attached hydrogen (secondary N) is 1. The van der Waals surface area contributed by atoms with Gasteiger partial charge in [0, 0.05) is 28.1 Å². The van der Waals surface area contributed by atoms with Crippen LogP contribution in [0.5, 0.6) is 5.75 Å². The van der Waals surface area contributed by atoms with Crippen LogP contribution in [0.3, 0.4) is 0 Å². The first kappa shape index (κ1) is 29.6. The lowest BCUT2D eigenvalue weighted by Crippen LogP contribution is -2.39. The van der Waals surface area contributed by atoms with Crippen molar-refractivity contribution < 1.29 is 24.5 Å². The first-order valence-corrected chi connectivity index (χ1v) is 16.2. The number of carboxylic acid groups (broad SMARTS) is 2. The number of hydrogen-bond donors (Lipinski definition) is 3. The zero-order valence-corrected chi connectivity index (χ0v) is 26.9. The molecule has 7 heteroatoms. The Morgan fingerprint density at radius 2 is 1.71 bits per heavy atom. The highest BCUT2D eigenvalue weighted by molar-refractivity contribution is 6.11. The standard InChI is InChI=1S/C38H42N2O5/c1-19-17-37(3,4)39-29-13-11-24-22(32(19)29)7-9-26-28(15-21(36(43)44)16-31(41)42)27-10-8-23-25(35(27)45-34(24)26)12-14-30-33(23)20(2)18-38(5,6)40-30/h7-14,19-21,24,34,40H,15-18H2,1-6H3,(H,41,42)(H,43,44). The number of carboxylic acids is 2. The fourth-order valence-corrected chi connectivity index (χ4v) is 8.82. The molecule has 3 heterocycles. The van der Waals surface area contributed by atoms with Crippen molar-refractivity contribution in [2.45, 2.75) is 90.3 Å². The largest absolute Gasteiger partial charge is 0.483 e. The summed E-state index contributed by atoms with van der Waals surface area (Å²) >= 11 is 0. The van der Waals surface area contributed by atoms with Gasteiger partial charge in [-0.05, 0) is 110 Å². The monoisotopic (exact) mass is 606 g/mol. The Balaban J connectivity index is 1.43. The number of nitrogens with zero attached hydrogens (tertiary/aromatic N) is 1. The van der Waals surface area contributed by atoms with E-state index in [0.717, 1.165) is 57.5 Å². The smallest absolute Gasteiger partial charge is 0.307 e. The number of aliphatic carboxylic acids is 2. The van der Waals surface area contributed by atoms with E-state index in [2.05, 4.69) is 95.4 Å². The number of benzene rings is 2. The van der Waals surface area contributed by atoms with Crippen molar-refractivity contribution in [3.8, 4) is 5.75 Å². The third-order valence-electron chi connectivity index (χ3n) is 10.3. The number of fused-ring (bicyclic) bond motifs is 9. The van der Waals surface area contributed by atoms with Gasteiger partial charge < -0.3 is 20.3 Å². The molecule has 3 aliphatic heterocycles. The Morgan fingerprint density at radius 3 is 2.44 bits per heavy atom. The van der Waals surface area contributed by atoms with Crippen LogP contribution < -0.4 is 10.1 Å². The zero-order valence-electron chi connectivity index (χ0n) is 26.9. The van der Waals surface area contributed by atoms with E-state index in [4.69, 9.17) is 9.73 Å². The van der Waals surface area contributed by atoms with E-state index in [0.29, 0.717) is 11.8 Å². The molecule has 7 nitrogen and oxygen atoms in total. The van der Waals surface area contributed by atoms with Crippen LogP contribution in [0.15, 0.2) is 70.3 Å². The summed E-state index contributed by atoms with van der Waals surface area (Å²) in [6.45, 7) is 13.4. The van der Waals surface area contributed by atoms with Gasteiger partial charge >= 0.3 is 11.9 Å². The maximum atomic E-state index is 12.3. The Hall–Kier alpha value is -4.13. The molecule has 7 rings (SSSR count). The Morgan fingerprint density at radius 1 is 0.978 bits per heavy atom. The average molecular weight is 607 g/mol. The lowest BCUT2D eigenvalue weighted by molar-refractivity contribution is -0.148. The highest BCUT2D eigenvalue weighted by Gasteiger charge is 2.43. The summed E-state index contributed by atoms with van der Waals surface area (Å²) in [5.41, 5.74) is 8.40. The fourth-order valence-electron chi connectivity index (χ4n) is 8.82. The molecule has 45 heavy (non-hydrogen) atoms. The predicted molar refractivity (Wildman–Crippen MR) is 178 cm³/mol. The number of hydrogen-bond acceptors (Lipinski definition) is 5. The third kappa shape index (κ3) is 4.91. The first-order valence-electron chi connectivity index (χ1n) is 16.2. The summed E-state index contributed by atoms with van der Waals surface area (Å²) in [6, 6.07) is 8.45. The molecule has 0 aromatic heterocycles. The lowest BCUT2D eigenvalue weighted by Gasteiger charge is -2.43. The van der Waals surface area contributed by atoms with Crippen LogP contribution in [0.2, 0.25) is 0 Å². The molecule has 5 aliphatic rings. The molecule has 0 amide bonds. The summed E-state index contributed by atoms with van der Waals surface area (Å²) in [4.78, 5) is 29.1. The van der Waals surface area contributed by atoms with Crippen LogP contribution in [-0.4, -0.2) is 45.0 Å². The highest BCUT2D eigenvalue weighted by atomic mass is 16.5. The fraction of sp³-hybridized carbons (Fsp3) is 0.447. The molecular weight excluding hydrogens is 564 g/mol. The number of anilines is 1. The number of ether oxygens (including phenoxy) is 1. The van der Waals surface area contributed by atoms with E-state index >= 15 is 0 Å². The van der Waals surface area contributed by atoms with Crippen LogP contribution >= 0.6 is 0 Å². The molecule has 0 saturated heterocycles. The van der Waals surface area contributed by atoms with Gasteiger partial charge in [-0.2, -0.15) is 0 Å². The molecule has 2 aliphatic carbocycles. The molecule has 5 atom stereocenters. The topological polar surface area (TPSA) is 108 Å². The van der Waals surface area contributed by atoms with E-state index < -0.39 is 24.3 Å². The summed E-state index contributed by atoms with van der Waals surface area (Å²) in [7, 11) is 0. The maximum Gasteiger partial charge on any atom is 0.307 e. The van der Waals surface area contributed by atoms with Gasteiger partial charge in [-0.25, -0.2) is 0 Å². The summed E-state index contributed by atoms with van der Waals surface area (Å²) in [5.74, 6) is -1.93. The second kappa shape index (κ2) is 10.2. The van der Waals surface area contributed by atoms with Crippen LogP contribution in [0, 0.1) is 17.8 Å². The molecule has 234 valence electrons. The minimum atomic E-state index is -1.12. The second-order valence-corrected chi connectivity index (χ2v) is 15.0. The van der Waals surface area contributed by atoms with Crippen LogP contribution in [0.4, 0.5) is 5.69 Å². The van der Waals surface area contributed by atoms with Crippen LogP contribution in [-0.2, 0) is 9.59 Å². The number of rotatable bonds is 5. The van der Waals surface area contributed by atoms with Crippen molar-refractivity contribution in [2.24, 2.45) is 22.7 Å². The minimum absolute atomic E-state index is 0.00905. The van der Waals surface area contributed by atoms with Gasteiger partial charge in [-0.1, -0.05) is 44.2 Å². The van der Waals surface area contributed by atoms with E-state index in [9.17, 15) is 19.8 Å². The van der Waals surface area contributed by atoms with Gasteiger partial charge in [0.25, 0.3) is 0 Å². The zero-order chi connectivity index (χ0) is 32.0. The van der Waals surface area contributed by atoms with Gasteiger partial charge in [0.15, 0.2) is 0 Å². The molecule has 0 bridgehead atoms. The molecule has 3 N–H and O–H groups in total. The van der Waals surface area contributed by atoms with Gasteiger partial charge in [0.1, 0.15) is 11.9 Å². The number of aliphatic imine (C=N–C) groups is 1. The van der Waals surface area contributed by atoms with Gasteiger partial charge in [0.05, 0.1) is 23.6 Å². The van der Waals surface area contributed by atoms with E-state index in [1.165, 1.54) is 16.7 Å². The van der Waals surface area contributed by atoms with E-state index in [1.54, 1.807) is 0 Å². The summed E-state index contributed by atoms with van der Waals surface area (Å²) in [5, 5.41) is 25.5. The normalized spacial score (nSPS) is 27.6. The minimum Gasteiger partial charge on any atom is -0.483 e. The van der Waals surface area contributed by atoms with Crippen LogP contribution in [0.25, 0.3) is 16.3 Å².